The van der Waals surface area contributed by atoms with Crippen LogP contribution in [0.4, 0.5) is 0 Å². The largest absolute Gasteiger partial charge is 0.260 e. The Morgan fingerprint density at radius 3 is 2.34 bits per heavy atom. The fraction of sp³-hybridized carbons (Fsp3) is 0.129. The van der Waals surface area contributed by atoms with E-state index in [1.165, 1.54) is 27.3 Å². The Balaban J connectivity index is 1.46. The van der Waals surface area contributed by atoms with Crippen LogP contribution in [-0.2, 0) is 13.0 Å². The molecule has 1 heterocycles. The van der Waals surface area contributed by atoms with E-state index < -0.39 is 0 Å². The maximum atomic E-state index is 6.81. The number of nitrogens with zero attached hydrogens (tertiary/aromatic N) is 2. The van der Waals surface area contributed by atoms with Crippen LogP contribution >= 0.6 is 23.2 Å². The first-order chi connectivity index (χ1) is 17.0. The maximum absolute atomic E-state index is 6.81. The lowest BCUT2D eigenvalue weighted by Gasteiger charge is -2.14. The number of aromatic nitrogens is 2. The molecule has 5 aromatic carbocycles. The lowest BCUT2D eigenvalue weighted by molar-refractivity contribution is 0.715. The summed E-state index contributed by atoms with van der Waals surface area (Å²) in [7, 11) is 0. The maximum Gasteiger partial charge on any atom is 0.0692 e. The van der Waals surface area contributed by atoms with Crippen LogP contribution in [0.5, 0.6) is 0 Å². The zero-order chi connectivity index (χ0) is 24.1. The van der Waals surface area contributed by atoms with Crippen molar-refractivity contribution in [1.82, 2.24) is 9.78 Å². The van der Waals surface area contributed by atoms with Gasteiger partial charge in [0.25, 0.3) is 0 Å². The van der Waals surface area contributed by atoms with E-state index in [0.717, 1.165) is 49.4 Å². The van der Waals surface area contributed by atoms with Gasteiger partial charge in [-0.1, -0.05) is 89.9 Å². The van der Waals surface area contributed by atoms with Gasteiger partial charge >= 0.3 is 0 Å². The van der Waals surface area contributed by atoms with Gasteiger partial charge in [-0.2, -0.15) is 5.10 Å². The molecule has 0 saturated carbocycles. The van der Waals surface area contributed by atoms with E-state index in [1.807, 2.05) is 23.9 Å². The number of hydrogen-bond donors (Lipinski definition) is 0. The SMILES string of the molecule is Cc1cc2c(cnn2Cc2cccc3c(Cc4cccc5ccccc45)ccc(Cl)c23)c(C)c1Cl. The highest BCUT2D eigenvalue weighted by molar-refractivity contribution is 6.36. The smallest absolute Gasteiger partial charge is 0.0692 e. The highest BCUT2D eigenvalue weighted by atomic mass is 35.5. The van der Waals surface area contributed by atoms with E-state index in [2.05, 4.69) is 79.7 Å². The van der Waals surface area contributed by atoms with Crippen LogP contribution in [0.3, 0.4) is 0 Å². The molecule has 0 aliphatic heterocycles. The first-order valence-corrected chi connectivity index (χ1v) is 12.5. The molecule has 0 atom stereocenters. The molecule has 2 nitrogen and oxygen atoms in total. The quantitative estimate of drug-likeness (QED) is 0.239. The lowest BCUT2D eigenvalue weighted by Crippen LogP contribution is -2.03. The summed E-state index contributed by atoms with van der Waals surface area (Å²) < 4.78 is 2.05. The number of benzene rings is 5. The predicted molar refractivity (Wildman–Crippen MR) is 149 cm³/mol. The van der Waals surface area contributed by atoms with E-state index in [0.29, 0.717) is 6.54 Å². The normalized spacial score (nSPS) is 11.7. The summed E-state index contributed by atoms with van der Waals surface area (Å²) in [6.45, 7) is 4.73. The molecule has 0 bridgehead atoms. The molecular formula is C31H24Cl2N2. The van der Waals surface area contributed by atoms with E-state index in [-0.39, 0.29) is 0 Å². The standard InChI is InChI=1S/C31H24Cl2N2/c1-19-15-29-27(20(2)31(19)33)17-34-35(29)18-24-10-6-12-26-23(13-14-28(32)30(24)26)16-22-9-5-8-21-7-3-4-11-25(21)22/h3-15,17H,16,18H2,1-2H3. The van der Waals surface area contributed by atoms with Crippen LogP contribution in [0.2, 0.25) is 10.0 Å². The summed E-state index contributed by atoms with van der Waals surface area (Å²) in [5, 5.41) is 12.2. The van der Waals surface area contributed by atoms with Gasteiger partial charge in [-0.25, -0.2) is 0 Å². The molecule has 0 aliphatic rings. The molecule has 172 valence electrons. The molecule has 0 amide bonds. The minimum atomic E-state index is 0.638. The third-order valence-corrected chi connectivity index (χ3v) is 7.96. The van der Waals surface area contributed by atoms with Gasteiger partial charge in [0, 0.05) is 20.8 Å². The van der Waals surface area contributed by atoms with Crippen molar-refractivity contribution in [3.63, 3.8) is 0 Å². The van der Waals surface area contributed by atoms with Crippen molar-refractivity contribution in [2.75, 3.05) is 0 Å². The first-order valence-electron chi connectivity index (χ1n) is 11.8. The number of hydrogen-bond acceptors (Lipinski definition) is 1. The van der Waals surface area contributed by atoms with E-state index in [9.17, 15) is 0 Å². The van der Waals surface area contributed by atoms with Crippen LogP contribution in [0.15, 0.2) is 85.1 Å². The van der Waals surface area contributed by atoms with Crippen molar-refractivity contribution < 1.29 is 0 Å². The molecule has 4 heteroatoms. The van der Waals surface area contributed by atoms with Gasteiger partial charge in [0.2, 0.25) is 0 Å². The molecule has 0 radical (unpaired) electrons. The second-order valence-corrected chi connectivity index (χ2v) is 10.0. The van der Waals surface area contributed by atoms with Gasteiger partial charge < -0.3 is 0 Å². The monoisotopic (exact) mass is 494 g/mol. The molecule has 0 saturated heterocycles. The van der Waals surface area contributed by atoms with E-state index in [4.69, 9.17) is 28.3 Å². The first kappa shape index (κ1) is 22.2. The highest BCUT2D eigenvalue weighted by Gasteiger charge is 2.14. The molecule has 0 unspecified atom stereocenters. The van der Waals surface area contributed by atoms with Gasteiger partial charge in [-0.3, -0.25) is 4.68 Å². The van der Waals surface area contributed by atoms with Crippen LogP contribution in [0.25, 0.3) is 32.4 Å². The van der Waals surface area contributed by atoms with Crippen LogP contribution < -0.4 is 0 Å². The Labute approximate surface area is 214 Å². The minimum absolute atomic E-state index is 0.638. The lowest BCUT2D eigenvalue weighted by atomic mass is 9.93. The Hall–Kier alpha value is -3.33. The average Bonchev–Trinajstić information content (AvgIpc) is 3.27. The highest BCUT2D eigenvalue weighted by Crippen LogP contribution is 2.34. The molecule has 0 fully saturated rings. The second-order valence-electron chi connectivity index (χ2n) is 9.23. The Kier molecular flexibility index (Phi) is 5.51. The third kappa shape index (κ3) is 3.78. The number of aryl methyl sites for hydroxylation is 2. The van der Waals surface area contributed by atoms with Crippen molar-refractivity contribution in [2.24, 2.45) is 0 Å². The topological polar surface area (TPSA) is 17.8 Å². The number of halogens is 2. The molecule has 6 rings (SSSR count). The summed E-state index contributed by atoms with van der Waals surface area (Å²) in [5.41, 5.74) is 6.96. The molecule has 0 N–H and O–H groups in total. The van der Waals surface area contributed by atoms with Crippen molar-refractivity contribution in [3.8, 4) is 0 Å². The zero-order valence-corrected chi connectivity index (χ0v) is 21.2. The molecule has 35 heavy (non-hydrogen) atoms. The van der Waals surface area contributed by atoms with Gasteiger partial charge in [0.1, 0.15) is 0 Å². The van der Waals surface area contributed by atoms with Crippen molar-refractivity contribution in [1.29, 1.82) is 0 Å². The third-order valence-electron chi connectivity index (χ3n) is 7.06. The summed E-state index contributed by atoms with van der Waals surface area (Å²) in [6.07, 6.45) is 2.76. The fourth-order valence-corrected chi connectivity index (χ4v) is 5.68. The fourth-order valence-electron chi connectivity index (χ4n) is 5.24. The van der Waals surface area contributed by atoms with Gasteiger partial charge in [-0.05, 0) is 76.4 Å². The summed E-state index contributed by atoms with van der Waals surface area (Å²) in [5.74, 6) is 0. The van der Waals surface area contributed by atoms with Crippen LogP contribution in [0.1, 0.15) is 27.8 Å². The number of fused-ring (bicyclic) bond motifs is 3. The number of rotatable bonds is 4. The summed E-state index contributed by atoms with van der Waals surface area (Å²) in [4.78, 5) is 0. The van der Waals surface area contributed by atoms with Gasteiger partial charge in [0.15, 0.2) is 0 Å². The zero-order valence-electron chi connectivity index (χ0n) is 19.6. The summed E-state index contributed by atoms with van der Waals surface area (Å²) >= 11 is 13.3. The molecule has 1 aromatic heterocycles. The minimum Gasteiger partial charge on any atom is -0.260 e. The molecule has 0 spiro atoms. The Morgan fingerprint density at radius 2 is 1.46 bits per heavy atom. The summed E-state index contributed by atoms with van der Waals surface area (Å²) in [6, 6.07) is 27.9. The van der Waals surface area contributed by atoms with Crippen LogP contribution in [-0.4, -0.2) is 9.78 Å². The Bertz CT molecular complexity index is 1740. The van der Waals surface area contributed by atoms with Crippen molar-refractivity contribution >= 4 is 55.6 Å². The molecule has 0 aliphatic carbocycles. The van der Waals surface area contributed by atoms with Crippen molar-refractivity contribution in [2.45, 2.75) is 26.8 Å². The van der Waals surface area contributed by atoms with Crippen LogP contribution in [0, 0.1) is 13.8 Å². The Morgan fingerprint density at radius 1 is 0.743 bits per heavy atom. The average molecular weight is 495 g/mol. The van der Waals surface area contributed by atoms with Crippen molar-refractivity contribution in [3.05, 3.63) is 123 Å². The predicted octanol–water partition coefficient (Wildman–Crippen LogP) is 8.91. The van der Waals surface area contributed by atoms with Gasteiger partial charge in [0.05, 0.1) is 18.3 Å². The molecular weight excluding hydrogens is 471 g/mol. The molecule has 6 aromatic rings. The van der Waals surface area contributed by atoms with Gasteiger partial charge in [-0.15, -0.1) is 0 Å². The second kappa shape index (κ2) is 8.71. The van der Waals surface area contributed by atoms with E-state index in [1.54, 1.807) is 0 Å². The van der Waals surface area contributed by atoms with E-state index >= 15 is 0 Å².